The molecule has 108 valence electrons. The lowest BCUT2D eigenvalue weighted by molar-refractivity contribution is 0.272. The van der Waals surface area contributed by atoms with Gasteiger partial charge in [-0.1, -0.05) is 45.1 Å². The van der Waals surface area contributed by atoms with Gasteiger partial charge in [-0.3, -0.25) is 0 Å². The molecular weight excluding hydrogens is 240 g/mol. The summed E-state index contributed by atoms with van der Waals surface area (Å²) in [5.74, 6) is 1.45. The summed E-state index contributed by atoms with van der Waals surface area (Å²) in [5.41, 5.74) is 0.846. The molecule has 0 bridgehead atoms. The molecule has 0 heterocycles. The fraction of sp³-hybridized carbons (Fsp3) is 0.625. The highest BCUT2D eigenvalue weighted by molar-refractivity contribution is 5.42. The molecule has 0 saturated carbocycles. The molecule has 0 spiro atoms. The van der Waals surface area contributed by atoms with E-state index in [1.54, 1.807) is 7.11 Å². The van der Waals surface area contributed by atoms with Crippen molar-refractivity contribution in [1.29, 1.82) is 0 Å². The Hall–Kier alpha value is -1.22. The molecule has 1 aromatic carbocycles. The molecule has 0 atom stereocenters. The van der Waals surface area contributed by atoms with Crippen molar-refractivity contribution in [3.63, 3.8) is 0 Å². The first-order valence-corrected chi connectivity index (χ1v) is 7.22. The fourth-order valence-corrected chi connectivity index (χ4v) is 2.00. The zero-order valence-electron chi connectivity index (χ0n) is 12.2. The number of ether oxygens (including phenoxy) is 2. The van der Waals surface area contributed by atoms with Gasteiger partial charge >= 0.3 is 0 Å². The Morgan fingerprint density at radius 3 is 2.42 bits per heavy atom. The third-order valence-electron chi connectivity index (χ3n) is 3.17. The zero-order chi connectivity index (χ0) is 13.9. The van der Waals surface area contributed by atoms with Crippen LogP contribution in [-0.4, -0.2) is 18.8 Å². The van der Waals surface area contributed by atoms with Crippen LogP contribution in [0.15, 0.2) is 18.2 Å². The topological polar surface area (TPSA) is 38.7 Å². The molecule has 0 saturated heterocycles. The molecular formula is C16H26O3. The van der Waals surface area contributed by atoms with Gasteiger partial charge in [0.05, 0.1) is 20.3 Å². The first kappa shape index (κ1) is 15.8. The van der Waals surface area contributed by atoms with Gasteiger partial charge in [-0.25, -0.2) is 0 Å². The monoisotopic (exact) mass is 266 g/mol. The molecule has 3 nitrogen and oxygen atoms in total. The minimum absolute atomic E-state index is 0.0252. The van der Waals surface area contributed by atoms with Crippen LogP contribution in [0.4, 0.5) is 0 Å². The quantitative estimate of drug-likeness (QED) is 0.652. The van der Waals surface area contributed by atoms with Crippen molar-refractivity contribution >= 4 is 0 Å². The summed E-state index contributed by atoms with van der Waals surface area (Å²) < 4.78 is 11.0. The van der Waals surface area contributed by atoms with E-state index in [0.717, 1.165) is 23.5 Å². The van der Waals surface area contributed by atoms with Crippen LogP contribution in [0.2, 0.25) is 0 Å². The molecule has 0 fully saturated rings. The van der Waals surface area contributed by atoms with Crippen molar-refractivity contribution in [3.8, 4) is 11.5 Å². The fourth-order valence-electron chi connectivity index (χ4n) is 2.00. The Kier molecular flexibility index (Phi) is 8.07. The average Bonchev–Trinajstić information content (AvgIpc) is 2.46. The highest BCUT2D eigenvalue weighted by Gasteiger charge is 2.05. The number of hydrogen-bond donors (Lipinski definition) is 1. The maximum Gasteiger partial charge on any atom is 0.161 e. The molecule has 0 unspecified atom stereocenters. The summed E-state index contributed by atoms with van der Waals surface area (Å²) in [6.45, 7) is 2.96. The minimum Gasteiger partial charge on any atom is -0.493 e. The minimum atomic E-state index is 0.0252. The van der Waals surface area contributed by atoms with Gasteiger partial charge in [0.1, 0.15) is 0 Å². The Morgan fingerprint density at radius 1 is 1.00 bits per heavy atom. The second-order valence-electron chi connectivity index (χ2n) is 4.76. The lowest BCUT2D eigenvalue weighted by Gasteiger charge is -2.11. The van der Waals surface area contributed by atoms with Crippen molar-refractivity contribution < 1.29 is 14.6 Å². The molecule has 1 N–H and O–H groups in total. The second-order valence-corrected chi connectivity index (χ2v) is 4.76. The van der Waals surface area contributed by atoms with E-state index < -0.39 is 0 Å². The van der Waals surface area contributed by atoms with Crippen LogP contribution in [0.5, 0.6) is 11.5 Å². The van der Waals surface area contributed by atoms with E-state index in [0.29, 0.717) is 6.61 Å². The SMILES string of the molecule is CCCCCCCCOc1cc(CO)ccc1OC. The molecule has 0 aliphatic heterocycles. The average molecular weight is 266 g/mol. The molecule has 1 aromatic rings. The summed E-state index contributed by atoms with van der Waals surface area (Å²) in [6, 6.07) is 5.52. The number of aliphatic hydroxyl groups excluding tert-OH is 1. The standard InChI is InChI=1S/C16H26O3/c1-3-4-5-6-7-8-11-19-16-12-14(13-17)9-10-15(16)18-2/h9-10,12,17H,3-8,11,13H2,1-2H3. The van der Waals surface area contributed by atoms with Crippen molar-refractivity contribution in [3.05, 3.63) is 23.8 Å². The highest BCUT2D eigenvalue weighted by atomic mass is 16.5. The maximum atomic E-state index is 9.12. The van der Waals surface area contributed by atoms with Gasteiger partial charge in [0, 0.05) is 0 Å². The van der Waals surface area contributed by atoms with Gasteiger partial charge in [0.15, 0.2) is 11.5 Å². The number of unbranched alkanes of at least 4 members (excludes halogenated alkanes) is 5. The van der Waals surface area contributed by atoms with Gasteiger partial charge in [0.2, 0.25) is 0 Å². The van der Waals surface area contributed by atoms with Gasteiger partial charge in [-0.05, 0) is 24.1 Å². The third-order valence-corrected chi connectivity index (χ3v) is 3.17. The summed E-state index contributed by atoms with van der Waals surface area (Å²) in [4.78, 5) is 0. The molecule has 3 heteroatoms. The van der Waals surface area contributed by atoms with E-state index in [1.807, 2.05) is 18.2 Å². The number of aliphatic hydroxyl groups is 1. The largest absolute Gasteiger partial charge is 0.493 e. The van der Waals surface area contributed by atoms with E-state index in [1.165, 1.54) is 32.1 Å². The number of hydrogen-bond acceptors (Lipinski definition) is 3. The van der Waals surface area contributed by atoms with E-state index in [9.17, 15) is 0 Å². The van der Waals surface area contributed by atoms with E-state index >= 15 is 0 Å². The lowest BCUT2D eigenvalue weighted by atomic mass is 10.1. The smallest absolute Gasteiger partial charge is 0.161 e. The van der Waals surface area contributed by atoms with Crippen molar-refractivity contribution in [2.24, 2.45) is 0 Å². The Bertz CT molecular complexity index is 350. The maximum absolute atomic E-state index is 9.12. The number of rotatable bonds is 10. The second kappa shape index (κ2) is 9.68. The van der Waals surface area contributed by atoms with Crippen LogP contribution < -0.4 is 9.47 Å². The predicted octanol–water partition coefficient (Wildman–Crippen LogP) is 3.93. The third kappa shape index (κ3) is 5.97. The Morgan fingerprint density at radius 2 is 1.74 bits per heavy atom. The van der Waals surface area contributed by atoms with Gasteiger partial charge in [-0.15, -0.1) is 0 Å². The number of methoxy groups -OCH3 is 1. The normalized spacial score (nSPS) is 10.5. The van der Waals surface area contributed by atoms with Crippen LogP contribution in [0.25, 0.3) is 0 Å². The zero-order valence-corrected chi connectivity index (χ0v) is 12.2. The highest BCUT2D eigenvalue weighted by Crippen LogP contribution is 2.28. The number of benzene rings is 1. The lowest BCUT2D eigenvalue weighted by Crippen LogP contribution is -2.00. The Labute approximate surface area is 116 Å². The Balaban J connectivity index is 2.31. The first-order valence-electron chi connectivity index (χ1n) is 7.22. The predicted molar refractivity (Wildman–Crippen MR) is 77.8 cm³/mol. The molecule has 1 rings (SSSR count). The van der Waals surface area contributed by atoms with E-state index in [4.69, 9.17) is 14.6 Å². The molecule has 0 radical (unpaired) electrons. The summed E-state index contributed by atoms with van der Waals surface area (Å²) in [6.07, 6.45) is 7.48. The van der Waals surface area contributed by atoms with Gasteiger partial charge in [-0.2, -0.15) is 0 Å². The van der Waals surface area contributed by atoms with Crippen molar-refractivity contribution in [2.75, 3.05) is 13.7 Å². The molecule has 0 amide bonds. The molecule has 0 aliphatic carbocycles. The van der Waals surface area contributed by atoms with Crippen LogP contribution in [0.1, 0.15) is 51.0 Å². The van der Waals surface area contributed by atoms with Crippen LogP contribution in [0, 0.1) is 0 Å². The molecule has 0 aromatic heterocycles. The first-order chi connectivity index (χ1) is 9.31. The van der Waals surface area contributed by atoms with Gasteiger partial charge < -0.3 is 14.6 Å². The van der Waals surface area contributed by atoms with Crippen molar-refractivity contribution in [1.82, 2.24) is 0 Å². The van der Waals surface area contributed by atoms with Crippen molar-refractivity contribution in [2.45, 2.75) is 52.1 Å². The molecule has 19 heavy (non-hydrogen) atoms. The van der Waals surface area contributed by atoms with Crippen LogP contribution >= 0.6 is 0 Å². The van der Waals surface area contributed by atoms with Gasteiger partial charge in [0.25, 0.3) is 0 Å². The van der Waals surface area contributed by atoms with E-state index in [-0.39, 0.29) is 6.61 Å². The summed E-state index contributed by atoms with van der Waals surface area (Å²) in [5, 5.41) is 9.12. The summed E-state index contributed by atoms with van der Waals surface area (Å²) in [7, 11) is 1.63. The van der Waals surface area contributed by atoms with E-state index in [2.05, 4.69) is 6.92 Å². The molecule has 0 aliphatic rings. The van der Waals surface area contributed by atoms with Crippen LogP contribution in [0.3, 0.4) is 0 Å². The summed E-state index contributed by atoms with van der Waals surface area (Å²) >= 11 is 0. The van der Waals surface area contributed by atoms with Crippen LogP contribution in [-0.2, 0) is 6.61 Å².